The van der Waals surface area contributed by atoms with Gasteiger partial charge in [-0.1, -0.05) is 40.2 Å². The quantitative estimate of drug-likeness (QED) is 0.706. The third-order valence-corrected chi connectivity index (χ3v) is 4.92. The molecule has 6 nitrogen and oxygen atoms in total. The standard InChI is InChI=1S/C20H19BrN2O4/c1-27-16-8-4-14(5-9-16)18-12-17(13-2-6-15(21)7-3-13)22-23(18)19(24)10-11-20(25)26/h2-9,18H,10-12H2,1H3,(H,25,26)/p-1/t18-/m0/s1. The molecule has 1 amide bonds. The number of ether oxygens (including phenoxy) is 1. The van der Waals surface area contributed by atoms with Crippen LogP contribution in [0.15, 0.2) is 58.1 Å². The zero-order valence-corrected chi connectivity index (χ0v) is 16.3. The van der Waals surface area contributed by atoms with E-state index in [9.17, 15) is 14.7 Å². The topological polar surface area (TPSA) is 82.0 Å². The lowest BCUT2D eigenvalue weighted by Crippen LogP contribution is -2.29. The molecule has 0 aromatic heterocycles. The molecule has 1 atom stereocenters. The Labute approximate surface area is 165 Å². The van der Waals surface area contributed by atoms with E-state index in [0.717, 1.165) is 27.1 Å². The summed E-state index contributed by atoms with van der Waals surface area (Å²) >= 11 is 3.41. The van der Waals surface area contributed by atoms with E-state index in [4.69, 9.17) is 4.74 Å². The highest BCUT2D eigenvalue weighted by molar-refractivity contribution is 9.10. The van der Waals surface area contributed by atoms with E-state index in [2.05, 4.69) is 21.0 Å². The van der Waals surface area contributed by atoms with Crippen molar-refractivity contribution in [2.75, 3.05) is 7.11 Å². The Morgan fingerprint density at radius 3 is 2.41 bits per heavy atom. The molecule has 1 aliphatic heterocycles. The van der Waals surface area contributed by atoms with Gasteiger partial charge in [0, 0.05) is 23.3 Å². The number of benzene rings is 2. The summed E-state index contributed by atoms with van der Waals surface area (Å²) < 4.78 is 6.14. The Balaban J connectivity index is 1.89. The van der Waals surface area contributed by atoms with Gasteiger partial charge in [-0.05, 0) is 41.8 Å². The molecule has 0 radical (unpaired) electrons. The van der Waals surface area contributed by atoms with Crippen molar-refractivity contribution < 1.29 is 19.4 Å². The minimum atomic E-state index is -1.25. The SMILES string of the molecule is COc1ccc([C@@H]2CC(c3ccc(Br)cc3)=NN2C(=O)CCC(=O)[O-])cc1. The van der Waals surface area contributed by atoms with Crippen LogP contribution >= 0.6 is 15.9 Å². The molecule has 2 aromatic rings. The van der Waals surface area contributed by atoms with Gasteiger partial charge in [0.15, 0.2) is 0 Å². The summed E-state index contributed by atoms with van der Waals surface area (Å²) in [7, 11) is 1.59. The summed E-state index contributed by atoms with van der Waals surface area (Å²) in [4.78, 5) is 23.3. The van der Waals surface area contributed by atoms with E-state index < -0.39 is 5.97 Å². The first kappa shape index (κ1) is 19.1. The lowest BCUT2D eigenvalue weighted by atomic mass is 9.98. The Hall–Kier alpha value is -2.67. The van der Waals surface area contributed by atoms with Crippen molar-refractivity contribution in [3.8, 4) is 5.75 Å². The molecule has 0 saturated carbocycles. The van der Waals surface area contributed by atoms with Crippen LogP contribution in [0, 0.1) is 0 Å². The van der Waals surface area contributed by atoms with E-state index in [1.54, 1.807) is 7.11 Å². The molecular weight excluding hydrogens is 412 g/mol. The van der Waals surface area contributed by atoms with Gasteiger partial charge in [0.05, 0.1) is 18.9 Å². The maximum Gasteiger partial charge on any atom is 0.243 e. The number of amides is 1. The van der Waals surface area contributed by atoms with Crippen molar-refractivity contribution in [2.45, 2.75) is 25.3 Å². The minimum Gasteiger partial charge on any atom is -0.550 e. The van der Waals surface area contributed by atoms with Crippen LogP contribution in [-0.4, -0.2) is 29.7 Å². The highest BCUT2D eigenvalue weighted by Gasteiger charge is 2.32. The number of carbonyl (C=O) groups is 2. The Morgan fingerprint density at radius 2 is 1.81 bits per heavy atom. The molecule has 1 aliphatic rings. The third-order valence-electron chi connectivity index (χ3n) is 4.39. The van der Waals surface area contributed by atoms with Gasteiger partial charge in [-0.25, -0.2) is 5.01 Å². The lowest BCUT2D eigenvalue weighted by Gasteiger charge is -2.22. The van der Waals surface area contributed by atoms with Crippen molar-refractivity contribution in [3.63, 3.8) is 0 Å². The molecule has 0 spiro atoms. The molecular formula is C20H18BrN2O4-. The van der Waals surface area contributed by atoms with Crippen LogP contribution in [0.1, 0.15) is 36.4 Å². The van der Waals surface area contributed by atoms with Crippen LogP contribution < -0.4 is 9.84 Å². The monoisotopic (exact) mass is 429 g/mol. The molecule has 0 unspecified atom stereocenters. The summed E-state index contributed by atoms with van der Waals surface area (Å²) in [5.74, 6) is -0.867. The van der Waals surface area contributed by atoms with Crippen LogP contribution in [0.4, 0.5) is 0 Å². The predicted octanol–water partition coefficient (Wildman–Crippen LogP) is 2.67. The number of carboxylic acid groups (broad SMARTS) is 1. The normalized spacial score (nSPS) is 16.1. The molecule has 0 aliphatic carbocycles. The van der Waals surface area contributed by atoms with Gasteiger partial charge >= 0.3 is 0 Å². The number of halogens is 1. The Kier molecular flexibility index (Phi) is 5.91. The van der Waals surface area contributed by atoms with Crippen LogP contribution in [0.25, 0.3) is 0 Å². The second-order valence-electron chi connectivity index (χ2n) is 6.16. The van der Waals surface area contributed by atoms with Crippen molar-refractivity contribution >= 4 is 33.5 Å². The summed E-state index contributed by atoms with van der Waals surface area (Å²) in [5.41, 5.74) is 2.62. The molecule has 0 saturated heterocycles. The van der Waals surface area contributed by atoms with Crippen molar-refractivity contribution in [1.29, 1.82) is 0 Å². The summed E-state index contributed by atoms with van der Waals surface area (Å²) in [6.07, 6.45) is 0.0743. The third kappa shape index (κ3) is 4.54. The van der Waals surface area contributed by atoms with Gasteiger partial charge in [0.2, 0.25) is 5.91 Å². The average Bonchev–Trinajstić information content (AvgIpc) is 3.12. The smallest absolute Gasteiger partial charge is 0.243 e. The Morgan fingerprint density at radius 1 is 1.15 bits per heavy atom. The van der Waals surface area contributed by atoms with Crippen LogP contribution in [0.3, 0.4) is 0 Å². The highest BCUT2D eigenvalue weighted by Crippen LogP contribution is 2.34. The number of hydrogen-bond acceptors (Lipinski definition) is 5. The Bertz CT molecular complexity index is 863. The van der Waals surface area contributed by atoms with Gasteiger partial charge in [-0.15, -0.1) is 0 Å². The molecule has 7 heteroatoms. The number of nitrogens with zero attached hydrogens (tertiary/aromatic N) is 2. The number of methoxy groups -OCH3 is 1. The van der Waals surface area contributed by atoms with E-state index >= 15 is 0 Å². The molecule has 0 N–H and O–H groups in total. The fraction of sp³-hybridized carbons (Fsp3) is 0.250. The molecule has 1 heterocycles. The molecule has 140 valence electrons. The number of carbonyl (C=O) groups excluding carboxylic acids is 2. The first-order chi connectivity index (χ1) is 13.0. The van der Waals surface area contributed by atoms with Gasteiger partial charge in [-0.2, -0.15) is 5.10 Å². The lowest BCUT2D eigenvalue weighted by molar-refractivity contribution is -0.305. The van der Waals surface area contributed by atoms with Crippen LogP contribution in [-0.2, 0) is 9.59 Å². The maximum absolute atomic E-state index is 12.6. The second kappa shape index (κ2) is 8.35. The highest BCUT2D eigenvalue weighted by atomic mass is 79.9. The maximum atomic E-state index is 12.6. The van der Waals surface area contributed by atoms with E-state index in [1.165, 1.54) is 5.01 Å². The van der Waals surface area contributed by atoms with Crippen molar-refractivity contribution in [1.82, 2.24) is 5.01 Å². The average molecular weight is 430 g/mol. The summed E-state index contributed by atoms with van der Waals surface area (Å²) in [6.45, 7) is 0. The zero-order chi connectivity index (χ0) is 19.4. The number of hydrogen-bond donors (Lipinski definition) is 0. The molecule has 0 fully saturated rings. The summed E-state index contributed by atoms with van der Waals surface area (Å²) in [5, 5.41) is 16.6. The second-order valence-corrected chi connectivity index (χ2v) is 7.07. The van der Waals surface area contributed by atoms with Crippen LogP contribution in [0.5, 0.6) is 5.75 Å². The van der Waals surface area contributed by atoms with Crippen molar-refractivity contribution in [2.24, 2.45) is 5.10 Å². The van der Waals surface area contributed by atoms with E-state index in [1.807, 2.05) is 48.5 Å². The number of aliphatic carboxylic acids is 1. The van der Waals surface area contributed by atoms with Gasteiger partial charge in [0.1, 0.15) is 5.75 Å². The number of rotatable bonds is 6. The fourth-order valence-electron chi connectivity index (χ4n) is 2.97. The van der Waals surface area contributed by atoms with E-state index in [0.29, 0.717) is 6.42 Å². The minimum absolute atomic E-state index is 0.147. The summed E-state index contributed by atoms with van der Waals surface area (Å²) in [6, 6.07) is 14.9. The molecule has 0 bridgehead atoms. The number of carboxylic acids is 1. The first-order valence-electron chi connectivity index (χ1n) is 8.47. The van der Waals surface area contributed by atoms with Crippen molar-refractivity contribution in [3.05, 3.63) is 64.1 Å². The molecule has 3 rings (SSSR count). The largest absolute Gasteiger partial charge is 0.550 e. The molecule has 2 aromatic carbocycles. The first-order valence-corrected chi connectivity index (χ1v) is 9.26. The predicted molar refractivity (Wildman–Crippen MR) is 102 cm³/mol. The molecule has 27 heavy (non-hydrogen) atoms. The number of hydrazone groups is 1. The van der Waals surface area contributed by atoms with Gasteiger partial charge < -0.3 is 14.6 Å². The van der Waals surface area contributed by atoms with Crippen LogP contribution in [0.2, 0.25) is 0 Å². The fourth-order valence-corrected chi connectivity index (χ4v) is 3.23. The van der Waals surface area contributed by atoms with Gasteiger partial charge in [-0.3, -0.25) is 4.79 Å². The zero-order valence-electron chi connectivity index (χ0n) is 14.7. The van der Waals surface area contributed by atoms with Gasteiger partial charge in [0.25, 0.3) is 0 Å². The van der Waals surface area contributed by atoms with E-state index in [-0.39, 0.29) is 24.8 Å².